The number of ether oxygens (including phenoxy) is 3. The number of esters is 1. The molecule has 2 rings (SSSR count). The van der Waals surface area contributed by atoms with Crippen LogP contribution in [0.15, 0.2) is 24.3 Å². The number of benzene rings is 1. The fraction of sp³-hybridized carbons (Fsp3) is 0.333. The van der Waals surface area contributed by atoms with Crippen molar-refractivity contribution in [3.63, 3.8) is 0 Å². The number of hydrogen-bond donors (Lipinski definition) is 0. The van der Waals surface area contributed by atoms with Gasteiger partial charge in [-0.1, -0.05) is 11.6 Å². The third-order valence-electron chi connectivity index (χ3n) is 3.47. The van der Waals surface area contributed by atoms with Gasteiger partial charge in [0.05, 0.1) is 23.4 Å². The molecule has 5 nitrogen and oxygen atoms in total. The number of alkyl halides is 2. The van der Waals surface area contributed by atoms with E-state index in [0.717, 1.165) is 4.88 Å². The summed E-state index contributed by atoms with van der Waals surface area (Å²) in [6, 6.07) is 6.30. The van der Waals surface area contributed by atoms with Crippen LogP contribution in [0.25, 0.3) is 0 Å². The second-order valence-corrected chi connectivity index (χ2v) is 7.18. The Bertz CT molecular complexity index is 822. The highest BCUT2D eigenvalue weighted by atomic mass is 35.5. The van der Waals surface area contributed by atoms with Crippen LogP contribution in [0.3, 0.4) is 0 Å². The van der Waals surface area contributed by atoms with Gasteiger partial charge >= 0.3 is 12.6 Å². The average Bonchev–Trinajstić information content (AvgIpc) is 3.05. The Morgan fingerprint density at radius 2 is 1.96 bits per heavy atom. The van der Waals surface area contributed by atoms with Crippen LogP contribution in [0.2, 0.25) is 5.02 Å². The number of hydrogen-bond acceptors (Lipinski definition) is 6. The zero-order valence-corrected chi connectivity index (χ0v) is 16.2. The highest BCUT2D eigenvalue weighted by Gasteiger charge is 2.17. The topological polar surface area (TPSA) is 61.8 Å². The van der Waals surface area contributed by atoms with Gasteiger partial charge in [-0.05, 0) is 36.8 Å². The van der Waals surface area contributed by atoms with Crippen LogP contribution in [0.4, 0.5) is 8.78 Å². The first kappa shape index (κ1) is 21.1. The number of aryl methyl sites for hydroxylation is 1. The Labute approximate surface area is 163 Å². The van der Waals surface area contributed by atoms with Crippen molar-refractivity contribution in [1.29, 1.82) is 0 Å². The first-order chi connectivity index (χ1) is 12.8. The molecule has 146 valence electrons. The summed E-state index contributed by atoms with van der Waals surface area (Å²) in [5.41, 5.74) is 0.437. The van der Waals surface area contributed by atoms with Gasteiger partial charge in [0.2, 0.25) is 0 Å². The normalized spacial score (nSPS) is 10.7. The third-order valence-corrected chi connectivity index (χ3v) is 4.79. The standard InChI is InChI=1S/C18H17ClF2O5S/c1-10-3-5-15(27-10)13(22)4-6-16(23)25-9-11-7-12(19)17(26-18(20)21)14(8-11)24-2/h3,5,7-8,18H,4,6,9H2,1-2H3. The summed E-state index contributed by atoms with van der Waals surface area (Å²) in [5.74, 6) is -0.971. The molecule has 0 radical (unpaired) electrons. The Hall–Kier alpha value is -2.19. The van der Waals surface area contributed by atoms with E-state index >= 15 is 0 Å². The molecule has 0 aliphatic rings. The van der Waals surface area contributed by atoms with Crippen LogP contribution in [-0.2, 0) is 16.1 Å². The molecule has 9 heteroatoms. The van der Waals surface area contributed by atoms with Crippen LogP contribution in [0, 0.1) is 6.92 Å². The van der Waals surface area contributed by atoms with Crippen molar-refractivity contribution in [1.82, 2.24) is 0 Å². The average molecular weight is 419 g/mol. The molecule has 0 unspecified atom stereocenters. The molecule has 0 aliphatic heterocycles. The second kappa shape index (κ2) is 9.66. The van der Waals surface area contributed by atoms with E-state index in [-0.39, 0.29) is 41.8 Å². The second-order valence-electron chi connectivity index (χ2n) is 5.48. The minimum atomic E-state index is -3.05. The molecule has 0 N–H and O–H groups in total. The summed E-state index contributed by atoms with van der Waals surface area (Å²) in [7, 11) is 1.28. The minimum Gasteiger partial charge on any atom is -0.493 e. The largest absolute Gasteiger partial charge is 0.493 e. The van der Waals surface area contributed by atoms with E-state index < -0.39 is 12.6 Å². The zero-order chi connectivity index (χ0) is 20.0. The zero-order valence-electron chi connectivity index (χ0n) is 14.6. The molecular formula is C18H17ClF2O5S. The number of rotatable bonds is 9. The Balaban J connectivity index is 1.90. The highest BCUT2D eigenvalue weighted by molar-refractivity contribution is 7.14. The lowest BCUT2D eigenvalue weighted by Crippen LogP contribution is -2.08. The fourth-order valence-corrected chi connectivity index (χ4v) is 3.33. The van der Waals surface area contributed by atoms with Gasteiger partial charge in [0.25, 0.3) is 0 Å². The Morgan fingerprint density at radius 1 is 1.22 bits per heavy atom. The van der Waals surface area contributed by atoms with E-state index in [1.54, 1.807) is 6.07 Å². The number of ketones is 1. The number of thiophene rings is 1. The lowest BCUT2D eigenvalue weighted by Gasteiger charge is -2.13. The first-order valence-electron chi connectivity index (χ1n) is 7.86. The fourth-order valence-electron chi connectivity index (χ4n) is 2.22. The number of carbonyl (C=O) groups excluding carboxylic acids is 2. The minimum absolute atomic E-state index is 0.00269. The van der Waals surface area contributed by atoms with E-state index in [4.69, 9.17) is 21.1 Å². The van der Waals surface area contributed by atoms with Crippen LogP contribution < -0.4 is 9.47 Å². The molecule has 0 spiro atoms. The third kappa shape index (κ3) is 6.18. The van der Waals surface area contributed by atoms with Crippen LogP contribution >= 0.6 is 22.9 Å². The number of methoxy groups -OCH3 is 1. The molecule has 1 aromatic carbocycles. The van der Waals surface area contributed by atoms with Gasteiger partial charge in [0.15, 0.2) is 17.3 Å². The van der Waals surface area contributed by atoms with Crippen molar-refractivity contribution in [2.75, 3.05) is 7.11 Å². The molecule has 0 fully saturated rings. The first-order valence-corrected chi connectivity index (χ1v) is 9.06. The van der Waals surface area contributed by atoms with Gasteiger partial charge in [0, 0.05) is 11.3 Å². The summed E-state index contributed by atoms with van der Waals surface area (Å²) in [6.45, 7) is -1.30. The molecule has 0 saturated carbocycles. The van der Waals surface area contributed by atoms with Gasteiger partial charge in [-0.15, -0.1) is 11.3 Å². The molecule has 0 saturated heterocycles. The van der Waals surface area contributed by atoms with E-state index in [0.29, 0.717) is 10.4 Å². The van der Waals surface area contributed by atoms with Gasteiger partial charge in [0.1, 0.15) is 6.61 Å². The molecule has 0 amide bonds. The van der Waals surface area contributed by atoms with E-state index in [2.05, 4.69) is 4.74 Å². The maximum atomic E-state index is 12.4. The van der Waals surface area contributed by atoms with E-state index in [1.807, 2.05) is 13.0 Å². The predicted molar refractivity (Wildman–Crippen MR) is 97.1 cm³/mol. The van der Waals surface area contributed by atoms with Crippen molar-refractivity contribution in [2.24, 2.45) is 0 Å². The van der Waals surface area contributed by atoms with Gasteiger partial charge in [-0.2, -0.15) is 8.78 Å². The van der Waals surface area contributed by atoms with Crippen molar-refractivity contribution in [3.05, 3.63) is 44.6 Å². The van der Waals surface area contributed by atoms with E-state index in [1.165, 1.54) is 30.6 Å². The van der Waals surface area contributed by atoms with Crippen LogP contribution in [0.1, 0.15) is 33.0 Å². The van der Waals surface area contributed by atoms with Crippen LogP contribution in [-0.4, -0.2) is 25.5 Å². The molecular weight excluding hydrogens is 402 g/mol. The van der Waals surface area contributed by atoms with Crippen molar-refractivity contribution < 1.29 is 32.6 Å². The number of carbonyl (C=O) groups is 2. The maximum absolute atomic E-state index is 12.4. The quantitative estimate of drug-likeness (QED) is 0.422. The highest BCUT2D eigenvalue weighted by Crippen LogP contribution is 2.37. The molecule has 0 bridgehead atoms. The lowest BCUT2D eigenvalue weighted by molar-refractivity contribution is -0.144. The SMILES string of the molecule is COc1cc(COC(=O)CCC(=O)c2ccc(C)s2)cc(Cl)c1OC(F)F. The molecule has 0 aliphatic carbocycles. The molecule has 0 atom stereocenters. The predicted octanol–water partition coefficient (Wildman–Crippen LogP) is 5.03. The summed E-state index contributed by atoms with van der Waals surface area (Å²) >= 11 is 7.30. The van der Waals surface area contributed by atoms with Gasteiger partial charge < -0.3 is 14.2 Å². The molecule has 1 heterocycles. The number of halogens is 3. The number of Topliss-reactive ketones (excluding diaryl/α,β-unsaturated/α-hetero) is 1. The summed E-state index contributed by atoms with van der Waals surface area (Å²) in [6.07, 6.45) is -0.0166. The smallest absolute Gasteiger partial charge is 0.387 e. The van der Waals surface area contributed by atoms with Crippen LogP contribution in [0.5, 0.6) is 11.5 Å². The summed E-state index contributed by atoms with van der Waals surface area (Å²) < 4.78 is 39.2. The van der Waals surface area contributed by atoms with E-state index in [9.17, 15) is 18.4 Å². The maximum Gasteiger partial charge on any atom is 0.387 e. The Morgan fingerprint density at radius 3 is 2.56 bits per heavy atom. The van der Waals surface area contributed by atoms with Gasteiger partial charge in [-0.25, -0.2) is 0 Å². The van der Waals surface area contributed by atoms with Crippen molar-refractivity contribution in [3.8, 4) is 11.5 Å². The monoisotopic (exact) mass is 418 g/mol. The summed E-state index contributed by atoms with van der Waals surface area (Å²) in [4.78, 5) is 25.5. The Kier molecular flexibility index (Phi) is 7.55. The van der Waals surface area contributed by atoms with Crippen molar-refractivity contribution in [2.45, 2.75) is 33.0 Å². The van der Waals surface area contributed by atoms with Crippen molar-refractivity contribution >= 4 is 34.7 Å². The lowest BCUT2D eigenvalue weighted by atomic mass is 10.2. The molecule has 27 heavy (non-hydrogen) atoms. The molecule has 2 aromatic rings. The van der Waals surface area contributed by atoms with Gasteiger partial charge in [-0.3, -0.25) is 9.59 Å². The summed E-state index contributed by atoms with van der Waals surface area (Å²) in [5, 5.41) is -0.0936. The molecule has 1 aromatic heterocycles.